The smallest absolute Gasteiger partial charge is 0.0979 e. The van der Waals surface area contributed by atoms with Crippen molar-refractivity contribution in [2.75, 3.05) is 0 Å². The summed E-state index contributed by atoms with van der Waals surface area (Å²) in [4.78, 5) is 10.9. The van der Waals surface area contributed by atoms with E-state index in [1.165, 1.54) is 43.6 Å². The van der Waals surface area contributed by atoms with Crippen molar-refractivity contribution in [3.05, 3.63) is 194 Å². The van der Waals surface area contributed by atoms with Crippen LogP contribution in [-0.2, 0) is 0 Å². The molecule has 12 rings (SSSR count). The van der Waals surface area contributed by atoms with Crippen LogP contribution in [0.25, 0.3) is 110 Å². The van der Waals surface area contributed by atoms with Crippen molar-refractivity contribution in [1.29, 1.82) is 0 Å². The van der Waals surface area contributed by atoms with Gasteiger partial charge in [0.2, 0.25) is 0 Å². The van der Waals surface area contributed by atoms with Crippen molar-refractivity contribution >= 4 is 76.2 Å². The Balaban J connectivity index is 1.16. The molecule has 0 saturated carbocycles. The van der Waals surface area contributed by atoms with Gasteiger partial charge in [0, 0.05) is 49.4 Å². The molecule has 9 aromatic carbocycles. The maximum Gasteiger partial charge on any atom is 0.0979 e. The summed E-state index contributed by atoms with van der Waals surface area (Å²) in [5.41, 5.74) is 12.7. The van der Waals surface area contributed by atoms with Crippen LogP contribution in [0.4, 0.5) is 0 Å². The third-order valence-corrected chi connectivity index (χ3v) is 11.5. The molecule has 0 aliphatic heterocycles. The fraction of sp³-hybridized carbons (Fsp3) is 0. The number of aromatic nitrogens is 4. The first-order chi connectivity index (χ1) is 27.8. The molecule has 3 heterocycles. The van der Waals surface area contributed by atoms with Crippen LogP contribution in [0.2, 0.25) is 0 Å². The molecule has 0 fully saturated rings. The molecule has 0 aliphatic rings. The maximum absolute atomic E-state index is 5.51. The van der Waals surface area contributed by atoms with Gasteiger partial charge in [-0.25, -0.2) is 9.97 Å². The molecule has 4 heteroatoms. The molecule has 4 nitrogen and oxygen atoms in total. The van der Waals surface area contributed by atoms with Gasteiger partial charge in [0.05, 0.1) is 44.5 Å². The minimum Gasteiger partial charge on any atom is -0.309 e. The number of benzene rings is 9. The highest BCUT2D eigenvalue weighted by Crippen LogP contribution is 2.41. The van der Waals surface area contributed by atoms with E-state index in [2.05, 4.69) is 191 Å². The zero-order chi connectivity index (χ0) is 36.7. The van der Waals surface area contributed by atoms with Crippen LogP contribution in [0.1, 0.15) is 0 Å². The average molecular weight is 713 g/mol. The lowest BCUT2D eigenvalue weighted by atomic mass is 9.98. The average Bonchev–Trinajstić information content (AvgIpc) is 3.77. The number of rotatable bonds is 4. The van der Waals surface area contributed by atoms with Gasteiger partial charge in [0.15, 0.2) is 0 Å². The Morgan fingerprint density at radius 1 is 0.321 bits per heavy atom. The molecule has 0 bridgehead atoms. The summed E-state index contributed by atoms with van der Waals surface area (Å²) in [5, 5.41) is 9.49. The van der Waals surface area contributed by atoms with E-state index in [4.69, 9.17) is 9.97 Å². The third kappa shape index (κ3) is 4.53. The van der Waals surface area contributed by atoms with Gasteiger partial charge >= 0.3 is 0 Å². The predicted octanol–water partition coefficient (Wildman–Crippen LogP) is 13.5. The van der Waals surface area contributed by atoms with Gasteiger partial charge in [-0.05, 0) is 70.8 Å². The van der Waals surface area contributed by atoms with E-state index in [0.29, 0.717) is 0 Å². The third-order valence-electron chi connectivity index (χ3n) is 11.5. The van der Waals surface area contributed by atoms with Crippen LogP contribution in [0.15, 0.2) is 194 Å². The second-order valence-corrected chi connectivity index (χ2v) is 14.6. The molecular formula is C52H32N4. The van der Waals surface area contributed by atoms with Gasteiger partial charge in [0.1, 0.15) is 0 Å². The predicted molar refractivity (Wildman–Crippen MR) is 234 cm³/mol. The first-order valence-corrected chi connectivity index (χ1v) is 19.1. The zero-order valence-electron chi connectivity index (χ0n) is 30.3. The van der Waals surface area contributed by atoms with Crippen LogP contribution in [0.5, 0.6) is 0 Å². The molecule has 0 spiro atoms. The van der Waals surface area contributed by atoms with E-state index < -0.39 is 0 Å². The Morgan fingerprint density at radius 2 is 0.821 bits per heavy atom. The molecule has 0 aliphatic carbocycles. The second kappa shape index (κ2) is 12.0. The Hall–Kier alpha value is -7.56. The minimum atomic E-state index is 0.878. The highest BCUT2D eigenvalue weighted by Gasteiger charge is 2.20. The molecule has 56 heavy (non-hydrogen) atoms. The van der Waals surface area contributed by atoms with Crippen LogP contribution in [-0.4, -0.2) is 19.1 Å². The summed E-state index contributed by atoms with van der Waals surface area (Å²) in [6.45, 7) is 0. The Kier molecular flexibility index (Phi) is 6.60. The van der Waals surface area contributed by atoms with Gasteiger partial charge < -0.3 is 9.13 Å². The lowest BCUT2D eigenvalue weighted by molar-refractivity contribution is 1.18. The molecule has 0 atom stereocenters. The number of hydrogen-bond donors (Lipinski definition) is 0. The van der Waals surface area contributed by atoms with Crippen molar-refractivity contribution in [3.8, 4) is 33.9 Å². The fourth-order valence-corrected chi connectivity index (χ4v) is 8.94. The van der Waals surface area contributed by atoms with E-state index in [-0.39, 0.29) is 0 Å². The number of para-hydroxylation sites is 3. The SMILES string of the molecule is c1ccc(-c2nc3ccc4ccc5ccc(-n6c7ccccc7c7cc8c(cc76)c6ccccc6n8-c6ccccc6)cc5c4c3nc2-c2ccccc2)cc1. The molecule has 0 saturated heterocycles. The largest absolute Gasteiger partial charge is 0.309 e. The van der Waals surface area contributed by atoms with Gasteiger partial charge in [0.25, 0.3) is 0 Å². The summed E-state index contributed by atoms with van der Waals surface area (Å²) >= 11 is 0. The Morgan fingerprint density at radius 3 is 1.46 bits per heavy atom. The van der Waals surface area contributed by atoms with Crippen LogP contribution in [0, 0.1) is 0 Å². The zero-order valence-corrected chi connectivity index (χ0v) is 30.3. The topological polar surface area (TPSA) is 35.6 Å². The highest BCUT2D eigenvalue weighted by atomic mass is 15.0. The molecule has 0 N–H and O–H groups in total. The maximum atomic E-state index is 5.51. The highest BCUT2D eigenvalue weighted by molar-refractivity contribution is 6.21. The quantitative estimate of drug-likeness (QED) is 0.170. The van der Waals surface area contributed by atoms with Crippen molar-refractivity contribution in [1.82, 2.24) is 19.1 Å². The Labute approximate surface area is 322 Å². The lowest BCUT2D eigenvalue weighted by Gasteiger charge is -2.14. The molecule has 0 amide bonds. The lowest BCUT2D eigenvalue weighted by Crippen LogP contribution is -1.97. The van der Waals surface area contributed by atoms with Crippen molar-refractivity contribution in [3.63, 3.8) is 0 Å². The van der Waals surface area contributed by atoms with E-state index in [0.717, 1.165) is 66.5 Å². The van der Waals surface area contributed by atoms with Gasteiger partial charge in [-0.15, -0.1) is 0 Å². The number of hydrogen-bond acceptors (Lipinski definition) is 2. The summed E-state index contributed by atoms with van der Waals surface area (Å²) in [5.74, 6) is 0. The molecule has 0 radical (unpaired) electrons. The van der Waals surface area contributed by atoms with Crippen molar-refractivity contribution in [2.24, 2.45) is 0 Å². The van der Waals surface area contributed by atoms with E-state index >= 15 is 0 Å². The summed E-state index contributed by atoms with van der Waals surface area (Å²) in [6.07, 6.45) is 0. The summed E-state index contributed by atoms with van der Waals surface area (Å²) in [6, 6.07) is 69.5. The molecular weight excluding hydrogens is 681 g/mol. The van der Waals surface area contributed by atoms with Crippen LogP contribution in [0.3, 0.4) is 0 Å². The molecule has 3 aromatic heterocycles. The van der Waals surface area contributed by atoms with Crippen molar-refractivity contribution < 1.29 is 0 Å². The number of fused-ring (bicyclic) bond motifs is 11. The summed E-state index contributed by atoms with van der Waals surface area (Å²) in [7, 11) is 0. The second-order valence-electron chi connectivity index (χ2n) is 14.6. The Bertz CT molecular complexity index is 3510. The van der Waals surface area contributed by atoms with E-state index in [1.54, 1.807) is 0 Å². The normalized spacial score (nSPS) is 11.9. The van der Waals surface area contributed by atoms with Crippen LogP contribution >= 0.6 is 0 Å². The summed E-state index contributed by atoms with van der Waals surface area (Å²) < 4.78 is 4.84. The first-order valence-electron chi connectivity index (χ1n) is 19.1. The van der Waals surface area contributed by atoms with E-state index in [1.807, 2.05) is 12.1 Å². The number of nitrogens with zero attached hydrogens (tertiary/aromatic N) is 4. The van der Waals surface area contributed by atoms with Crippen molar-refractivity contribution in [2.45, 2.75) is 0 Å². The molecule has 0 unspecified atom stereocenters. The monoisotopic (exact) mass is 712 g/mol. The molecule has 260 valence electrons. The molecule has 12 aromatic rings. The fourth-order valence-electron chi connectivity index (χ4n) is 8.94. The standard InChI is InChI=1S/C52H32N4/c1-4-14-35(15-5-1)50-51(36-16-6-2-7-17-36)54-52-44(53-50)29-27-34-25-24-33-26-28-38(30-41(33)49(34)52)56-46-23-13-11-21-40(46)43-31-47-42(32-48(43)56)39-20-10-12-22-45(39)55(47)37-18-8-3-9-19-37/h1-32H. The first kappa shape index (κ1) is 30.9. The van der Waals surface area contributed by atoms with Crippen LogP contribution < -0.4 is 0 Å². The van der Waals surface area contributed by atoms with E-state index in [9.17, 15) is 0 Å². The van der Waals surface area contributed by atoms with Gasteiger partial charge in [-0.2, -0.15) is 0 Å². The van der Waals surface area contributed by atoms with Gasteiger partial charge in [-0.3, -0.25) is 0 Å². The van der Waals surface area contributed by atoms with Gasteiger partial charge in [-0.1, -0.05) is 140 Å². The minimum absolute atomic E-state index is 0.878.